The molecule has 2 N–H and O–H groups in total. The highest BCUT2D eigenvalue weighted by Gasteiger charge is 2.35. The molecule has 0 saturated carbocycles. The summed E-state index contributed by atoms with van der Waals surface area (Å²) in [5.41, 5.74) is 0.999. The van der Waals surface area contributed by atoms with Crippen molar-refractivity contribution in [2.24, 2.45) is 0 Å². The molecule has 0 bridgehead atoms. The molecule has 118 valence electrons. The van der Waals surface area contributed by atoms with Gasteiger partial charge in [0.1, 0.15) is 0 Å². The van der Waals surface area contributed by atoms with Crippen LogP contribution in [0.1, 0.15) is 18.4 Å². The van der Waals surface area contributed by atoms with Gasteiger partial charge in [0, 0.05) is 31.7 Å². The lowest BCUT2D eigenvalue weighted by atomic mass is 9.74. The molecule has 5 nitrogen and oxygen atoms in total. The molecule has 0 unspecified atom stereocenters. The van der Waals surface area contributed by atoms with Gasteiger partial charge in [-0.1, -0.05) is 36.4 Å². The fraction of sp³-hybridized carbons (Fsp3) is 0.412. The maximum atomic E-state index is 11.9. The van der Waals surface area contributed by atoms with E-state index in [1.165, 1.54) is 11.6 Å². The average molecular weight is 302 g/mol. The Morgan fingerprint density at radius 3 is 2.41 bits per heavy atom. The number of carbonyl (C=O) groups excluding carboxylic acids is 2. The fourth-order valence-corrected chi connectivity index (χ4v) is 2.70. The molecule has 2 rings (SSSR count). The Hall–Kier alpha value is -2.14. The van der Waals surface area contributed by atoms with E-state index < -0.39 is 11.8 Å². The first-order valence-electron chi connectivity index (χ1n) is 7.48. The Morgan fingerprint density at radius 1 is 1.14 bits per heavy atom. The number of carbonyl (C=O) groups is 2. The van der Waals surface area contributed by atoms with E-state index >= 15 is 0 Å². The van der Waals surface area contributed by atoms with Crippen molar-refractivity contribution >= 4 is 11.8 Å². The van der Waals surface area contributed by atoms with Crippen LogP contribution in [-0.4, -0.2) is 38.1 Å². The van der Waals surface area contributed by atoms with Crippen LogP contribution in [0.3, 0.4) is 0 Å². The van der Waals surface area contributed by atoms with Crippen molar-refractivity contribution in [3.05, 3.63) is 48.6 Å². The van der Waals surface area contributed by atoms with Gasteiger partial charge in [0.2, 0.25) is 0 Å². The van der Waals surface area contributed by atoms with Gasteiger partial charge in [0.05, 0.1) is 0 Å². The van der Waals surface area contributed by atoms with Crippen molar-refractivity contribution in [3.8, 4) is 0 Å². The summed E-state index contributed by atoms with van der Waals surface area (Å²) in [7, 11) is 0. The molecule has 1 aliphatic heterocycles. The van der Waals surface area contributed by atoms with Crippen molar-refractivity contribution in [1.82, 2.24) is 10.6 Å². The molecule has 1 heterocycles. The lowest BCUT2D eigenvalue weighted by Crippen LogP contribution is -2.48. The van der Waals surface area contributed by atoms with E-state index in [1.54, 1.807) is 0 Å². The molecule has 1 aromatic rings. The number of amides is 2. The summed E-state index contributed by atoms with van der Waals surface area (Å²) in [5.74, 6) is -1.24. The maximum Gasteiger partial charge on any atom is 0.309 e. The Morgan fingerprint density at radius 2 is 1.77 bits per heavy atom. The summed E-state index contributed by atoms with van der Waals surface area (Å²) in [4.78, 5) is 23.5. The monoisotopic (exact) mass is 302 g/mol. The van der Waals surface area contributed by atoms with E-state index in [1.807, 2.05) is 18.2 Å². The second-order valence-electron chi connectivity index (χ2n) is 5.44. The molecule has 2 amide bonds. The molecule has 0 atom stereocenters. The third-order valence-electron chi connectivity index (χ3n) is 4.04. The van der Waals surface area contributed by atoms with E-state index in [4.69, 9.17) is 4.74 Å². The van der Waals surface area contributed by atoms with Gasteiger partial charge in [-0.2, -0.15) is 0 Å². The summed E-state index contributed by atoms with van der Waals surface area (Å²) in [6, 6.07) is 10.1. The topological polar surface area (TPSA) is 67.4 Å². The Balaban J connectivity index is 2.03. The lowest BCUT2D eigenvalue weighted by molar-refractivity contribution is -0.139. The van der Waals surface area contributed by atoms with E-state index in [9.17, 15) is 9.59 Å². The number of benzene rings is 1. The molecule has 1 aliphatic rings. The fourth-order valence-electron chi connectivity index (χ4n) is 2.70. The predicted molar refractivity (Wildman–Crippen MR) is 84.4 cm³/mol. The summed E-state index contributed by atoms with van der Waals surface area (Å²) >= 11 is 0. The summed E-state index contributed by atoms with van der Waals surface area (Å²) < 4.78 is 5.45. The van der Waals surface area contributed by atoms with Crippen LogP contribution < -0.4 is 10.6 Å². The molecule has 1 aromatic carbocycles. The summed E-state index contributed by atoms with van der Waals surface area (Å²) in [6.45, 7) is 5.54. The Kier molecular flexibility index (Phi) is 5.72. The van der Waals surface area contributed by atoms with Gasteiger partial charge in [-0.3, -0.25) is 9.59 Å². The molecular weight excluding hydrogens is 280 g/mol. The molecule has 0 aromatic heterocycles. The van der Waals surface area contributed by atoms with Crippen LogP contribution in [0.15, 0.2) is 43.0 Å². The number of hydrogen-bond acceptors (Lipinski definition) is 3. The third-order valence-corrected chi connectivity index (χ3v) is 4.04. The van der Waals surface area contributed by atoms with Crippen molar-refractivity contribution < 1.29 is 14.3 Å². The quantitative estimate of drug-likeness (QED) is 0.633. The zero-order valence-electron chi connectivity index (χ0n) is 12.6. The predicted octanol–water partition coefficient (Wildman–Crippen LogP) is 1.15. The van der Waals surface area contributed by atoms with Crippen molar-refractivity contribution in [2.45, 2.75) is 18.3 Å². The number of rotatable bonds is 5. The highest BCUT2D eigenvalue weighted by Crippen LogP contribution is 2.34. The van der Waals surface area contributed by atoms with E-state index in [2.05, 4.69) is 29.3 Å². The molecule has 5 heteroatoms. The number of nitrogens with one attached hydrogen (secondary N) is 2. The molecule has 1 saturated heterocycles. The molecule has 0 radical (unpaired) electrons. The summed E-state index contributed by atoms with van der Waals surface area (Å²) in [5, 5.41) is 5.24. The molecule has 0 spiro atoms. The minimum atomic E-state index is -0.629. The van der Waals surface area contributed by atoms with E-state index in [0.717, 1.165) is 12.8 Å². The number of ether oxygens (including phenoxy) is 1. The van der Waals surface area contributed by atoms with Gasteiger partial charge in [-0.05, 0) is 18.4 Å². The Labute approximate surface area is 130 Å². The van der Waals surface area contributed by atoms with Crippen molar-refractivity contribution in [1.29, 1.82) is 0 Å². The van der Waals surface area contributed by atoms with Crippen molar-refractivity contribution in [2.75, 3.05) is 26.3 Å². The van der Waals surface area contributed by atoms with Crippen LogP contribution in [0.25, 0.3) is 0 Å². The van der Waals surface area contributed by atoms with E-state index in [-0.39, 0.29) is 12.0 Å². The van der Waals surface area contributed by atoms with Crippen LogP contribution in [0, 0.1) is 0 Å². The van der Waals surface area contributed by atoms with Gasteiger partial charge in [0.25, 0.3) is 0 Å². The first kappa shape index (κ1) is 16.2. The highest BCUT2D eigenvalue weighted by molar-refractivity contribution is 6.35. The van der Waals surface area contributed by atoms with Gasteiger partial charge >= 0.3 is 11.8 Å². The normalized spacial score (nSPS) is 16.5. The minimum Gasteiger partial charge on any atom is -0.381 e. The molecular formula is C17H22N2O3. The average Bonchev–Trinajstić information content (AvgIpc) is 2.59. The zero-order valence-corrected chi connectivity index (χ0v) is 12.6. The Bertz CT molecular complexity index is 522. The number of hydrogen-bond donors (Lipinski definition) is 2. The lowest BCUT2D eigenvalue weighted by Gasteiger charge is -2.37. The summed E-state index contributed by atoms with van der Waals surface area (Å²) in [6.07, 6.45) is 3.19. The molecule has 0 aliphatic carbocycles. The van der Waals surface area contributed by atoms with Crippen LogP contribution in [0.5, 0.6) is 0 Å². The minimum absolute atomic E-state index is 0.173. The van der Waals surface area contributed by atoms with Crippen LogP contribution in [-0.2, 0) is 19.7 Å². The largest absolute Gasteiger partial charge is 0.381 e. The van der Waals surface area contributed by atoms with Crippen LogP contribution in [0.2, 0.25) is 0 Å². The molecule has 1 fully saturated rings. The first-order valence-corrected chi connectivity index (χ1v) is 7.48. The van der Waals surface area contributed by atoms with Crippen LogP contribution in [0.4, 0.5) is 0 Å². The van der Waals surface area contributed by atoms with Gasteiger partial charge < -0.3 is 15.4 Å². The van der Waals surface area contributed by atoms with Gasteiger partial charge in [-0.15, -0.1) is 6.58 Å². The first-order chi connectivity index (χ1) is 10.7. The second kappa shape index (κ2) is 7.75. The highest BCUT2D eigenvalue weighted by atomic mass is 16.5. The third kappa shape index (κ3) is 3.95. The molecule has 22 heavy (non-hydrogen) atoms. The van der Waals surface area contributed by atoms with Crippen molar-refractivity contribution in [3.63, 3.8) is 0 Å². The second-order valence-corrected chi connectivity index (χ2v) is 5.44. The smallest absolute Gasteiger partial charge is 0.309 e. The SMILES string of the molecule is C=CCNC(=O)C(=O)NCC1(c2ccccc2)CCOCC1. The van der Waals surface area contributed by atoms with Gasteiger partial charge in [-0.25, -0.2) is 0 Å². The maximum absolute atomic E-state index is 11.9. The van der Waals surface area contributed by atoms with Crippen LogP contribution >= 0.6 is 0 Å². The standard InChI is InChI=1S/C17H22N2O3/c1-2-10-18-15(20)16(21)19-13-17(8-11-22-12-9-17)14-6-4-3-5-7-14/h2-7H,1,8-13H2,(H,18,20)(H,19,21). The van der Waals surface area contributed by atoms with Gasteiger partial charge in [0.15, 0.2) is 0 Å². The zero-order chi connectivity index (χ0) is 15.8. The van der Waals surface area contributed by atoms with E-state index in [0.29, 0.717) is 19.8 Å².